The number of rotatable bonds is 8. The Bertz CT molecular complexity index is 1860. The number of hydrogen-bond donors (Lipinski definition) is 0. The van der Waals surface area contributed by atoms with E-state index in [4.69, 9.17) is 9.47 Å². The highest BCUT2D eigenvalue weighted by Gasteiger charge is 2.24. The summed E-state index contributed by atoms with van der Waals surface area (Å²) in [6.45, 7) is 13.2. The van der Waals surface area contributed by atoms with E-state index in [1.807, 2.05) is 121 Å². The quantitative estimate of drug-likeness (QED) is 0.157. The van der Waals surface area contributed by atoms with Gasteiger partial charge in [0.2, 0.25) is 0 Å². The minimum atomic E-state index is -0.0875. The topological polar surface area (TPSA) is 35.5 Å². The number of benzene rings is 6. The molecule has 0 spiro atoms. The maximum atomic E-state index is 14.7. The monoisotopic (exact) mass is 630 g/mol. The molecule has 3 heteroatoms. The second kappa shape index (κ2) is 13.4. The number of para-hydroxylation sites is 2. The van der Waals surface area contributed by atoms with Crippen LogP contribution in [-0.2, 0) is 10.8 Å². The van der Waals surface area contributed by atoms with Crippen molar-refractivity contribution >= 4 is 5.78 Å². The van der Waals surface area contributed by atoms with Crippen LogP contribution >= 0.6 is 0 Å². The van der Waals surface area contributed by atoms with Crippen LogP contribution in [0.4, 0.5) is 0 Å². The molecule has 0 bridgehead atoms. The predicted octanol–water partition coefficient (Wildman–Crippen LogP) is 12.4. The molecule has 0 saturated carbocycles. The summed E-state index contributed by atoms with van der Waals surface area (Å²) in [5, 5.41) is 0. The lowest BCUT2D eigenvalue weighted by atomic mass is 9.81. The predicted molar refractivity (Wildman–Crippen MR) is 198 cm³/mol. The zero-order valence-corrected chi connectivity index (χ0v) is 28.6. The molecule has 0 fully saturated rings. The molecular weight excluding hydrogens is 588 g/mol. The molecule has 0 heterocycles. The minimum Gasteiger partial charge on any atom is -0.457 e. The van der Waals surface area contributed by atoms with Crippen LogP contribution in [0, 0.1) is 0 Å². The number of ether oxygens (including phenoxy) is 2. The molecule has 0 aliphatic carbocycles. The molecular formula is C45H42O3. The van der Waals surface area contributed by atoms with Crippen molar-refractivity contribution in [3.8, 4) is 45.3 Å². The Morgan fingerprint density at radius 3 is 1.08 bits per heavy atom. The average Bonchev–Trinajstić information content (AvgIpc) is 3.08. The SMILES string of the molecule is CC(C)(C)c1ccc(C(=O)c2ccc(C(C)(C)C)cc2-c2ccc(Oc3ccccc3)cc2)c(-c2ccc(Oc3ccccc3)cc2)c1. The van der Waals surface area contributed by atoms with Crippen molar-refractivity contribution in [2.24, 2.45) is 0 Å². The van der Waals surface area contributed by atoms with Gasteiger partial charge in [-0.05, 0) is 105 Å². The van der Waals surface area contributed by atoms with Crippen LogP contribution in [0.15, 0.2) is 146 Å². The Labute approximate surface area is 284 Å². The second-order valence-corrected chi connectivity index (χ2v) is 14.2. The van der Waals surface area contributed by atoms with Gasteiger partial charge < -0.3 is 9.47 Å². The van der Waals surface area contributed by atoms with Crippen LogP contribution in [0.3, 0.4) is 0 Å². The first kappa shape index (κ1) is 32.5. The van der Waals surface area contributed by atoms with Crippen LogP contribution in [0.1, 0.15) is 68.6 Å². The van der Waals surface area contributed by atoms with Gasteiger partial charge >= 0.3 is 0 Å². The van der Waals surface area contributed by atoms with E-state index in [2.05, 4.69) is 65.8 Å². The molecule has 0 saturated heterocycles. The third-order valence-electron chi connectivity index (χ3n) is 8.55. The third-order valence-corrected chi connectivity index (χ3v) is 8.55. The van der Waals surface area contributed by atoms with E-state index in [0.717, 1.165) is 56.4 Å². The van der Waals surface area contributed by atoms with Crippen LogP contribution < -0.4 is 9.47 Å². The Kier molecular flexibility index (Phi) is 9.06. The summed E-state index contributed by atoms with van der Waals surface area (Å²) in [4.78, 5) is 14.7. The Morgan fingerprint density at radius 1 is 0.417 bits per heavy atom. The van der Waals surface area contributed by atoms with Gasteiger partial charge in [0.15, 0.2) is 5.78 Å². The Balaban J connectivity index is 1.41. The fraction of sp³-hybridized carbons (Fsp3) is 0.178. The van der Waals surface area contributed by atoms with E-state index in [9.17, 15) is 4.79 Å². The van der Waals surface area contributed by atoms with E-state index in [-0.39, 0.29) is 16.6 Å². The number of hydrogen-bond acceptors (Lipinski definition) is 3. The summed E-state index contributed by atoms with van der Waals surface area (Å²) in [6, 6.07) is 47.9. The average molecular weight is 631 g/mol. The van der Waals surface area contributed by atoms with Crippen molar-refractivity contribution in [1.29, 1.82) is 0 Å². The highest BCUT2D eigenvalue weighted by atomic mass is 16.5. The largest absolute Gasteiger partial charge is 0.457 e. The summed E-state index contributed by atoms with van der Waals surface area (Å²) in [7, 11) is 0. The zero-order chi connectivity index (χ0) is 33.9. The Morgan fingerprint density at radius 2 is 0.750 bits per heavy atom. The summed E-state index contributed by atoms with van der Waals surface area (Å²) in [5.74, 6) is 3.02. The smallest absolute Gasteiger partial charge is 0.194 e. The molecule has 48 heavy (non-hydrogen) atoms. The molecule has 0 aliphatic rings. The van der Waals surface area contributed by atoms with Gasteiger partial charge in [0.05, 0.1) is 0 Å². The van der Waals surface area contributed by atoms with Crippen LogP contribution in [0.5, 0.6) is 23.0 Å². The summed E-state index contributed by atoms with van der Waals surface area (Å²) in [6.07, 6.45) is 0. The zero-order valence-electron chi connectivity index (χ0n) is 28.6. The highest BCUT2D eigenvalue weighted by molar-refractivity contribution is 6.16. The summed E-state index contributed by atoms with van der Waals surface area (Å²) < 4.78 is 12.1. The Hall–Kier alpha value is -5.41. The fourth-order valence-electron chi connectivity index (χ4n) is 5.69. The minimum absolute atomic E-state index is 0.0184. The van der Waals surface area contributed by atoms with Gasteiger partial charge in [-0.3, -0.25) is 4.79 Å². The second-order valence-electron chi connectivity index (χ2n) is 14.2. The van der Waals surface area contributed by atoms with Crippen molar-refractivity contribution < 1.29 is 14.3 Å². The van der Waals surface area contributed by atoms with Gasteiger partial charge in [-0.25, -0.2) is 0 Å². The molecule has 0 atom stereocenters. The lowest BCUT2D eigenvalue weighted by Crippen LogP contribution is -2.14. The van der Waals surface area contributed by atoms with Crippen molar-refractivity contribution in [3.63, 3.8) is 0 Å². The summed E-state index contributed by atoms with van der Waals surface area (Å²) >= 11 is 0. The van der Waals surface area contributed by atoms with E-state index < -0.39 is 0 Å². The number of ketones is 1. The van der Waals surface area contributed by atoms with Gasteiger partial charge in [-0.1, -0.05) is 126 Å². The van der Waals surface area contributed by atoms with Crippen molar-refractivity contribution in [1.82, 2.24) is 0 Å². The first-order valence-corrected chi connectivity index (χ1v) is 16.5. The molecule has 3 nitrogen and oxygen atoms in total. The standard InChI is InChI=1S/C45H42O3/c1-44(2,3)33-21-27-39(41(29-33)31-17-23-37(24-18-31)47-35-13-9-7-10-14-35)43(46)40-28-22-34(45(4,5)6)30-42(40)32-19-25-38(26-20-32)48-36-15-11-8-12-16-36/h7-30H,1-6H3. The van der Waals surface area contributed by atoms with Gasteiger partial charge in [0.1, 0.15) is 23.0 Å². The van der Waals surface area contributed by atoms with Crippen molar-refractivity contribution in [2.75, 3.05) is 0 Å². The van der Waals surface area contributed by atoms with Gasteiger partial charge in [0, 0.05) is 11.1 Å². The van der Waals surface area contributed by atoms with Crippen LogP contribution in [-0.4, -0.2) is 5.78 Å². The van der Waals surface area contributed by atoms with Gasteiger partial charge in [-0.15, -0.1) is 0 Å². The van der Waals surface area contributed by atoms with Crippen LogP contribution in [0.25, 0.3) is 22.3 Å². The summed E-state index contributed by atoms with van der Waals surface area (Å²) in [5.41, 5.74) is 7.19. The lowest BCUT2D eigenvalue weighted by Gasteiger charge is -2.23. The van der Waals surface area contributed by atoms with Crippen molar-refractivity contribution in [2.45, 2.75) is 52.4 Å². The number of carbonyl (C=O) groups is 1. The van der Waals surface area contributed by atoms with E-state index in [1.165, 1.54) is 0 Å². The molecule has 6 aromatic rings. The van der Waals surface area contributed by atoms with E-state index in [0.29, 0.717) is 11.1 Å². The maximum absolute atomic E-state index is 14.7. The molecule has 0 unspecified atom stereocenters. The maximum Gasteiger partial charge on any atom is 0.194 e. The first-order chi connectivity index (χ1) is 23.0. The molecule has 6 rings (SSSR count). The molecule has 6 aromatic carbocycles. The molecule has 0 aromatic heterocycles. The molecule has 0 N–H and O–H groups in total. The fourth-order valence-corrected chi connectivity index (χ4v) is 5.69. The number of carbonyl (C=O) groups excluding carboxylic acids is 1. The first-order valence-electron chi connectivity index (χ1n) is 16.5. The van der Waals surface area contributed by atoms with Gasteiger partial charge in [-0.2, -0.15) is 0 Å². The van der Waals surface area contributed by atoms with E-state index >= 15 is 0 Å². The lowest BCUT2D eigenvalue weighted by molar-refractivity contribution is 0.104. The van der Waals surface area contributed by atoms with Crippen molar-refractivity contribution in [3.05, 3.63) is 168 Å². The van der Waals surface area contributed by atoms with E-state index in [1.54, 1.807) is 0 Å². The molecule has 240 valence electrons. The van der Waals surface area contributed by atoms with Crippen LogP contribution in [0.2, 0.25) is 0 Å². The molecule has 0 radical (unpaired) electrons. The third kappa shape index (κ3) is 7.42. The normalized spacial score (nSPS) is 11.6. The molecule has 0 amide bonds. The van der Waals surface area contributed by atoms with Gasteiger partial charge in [0.25, 0.3) is 0 Å². The molecule has 0 aliphatic heterocycles. The highest BCUT2D eigenvalue weighted by Crippen LogP contribution is 2.37.